The maximum Gasteiger partial charge on any atom is 0.490 e. The number of imidazole rings is 1. The predicted molar refractivity (Wildman–Crippen MR) is 89.2 cm³/mol. The average molecular weight is 388 g/mol. The van der Waals surface area contributed by atoms with Crippen molar-refractivity contribution < 1.29 is 23.1 Å². The monoisotopic (exact) mass is 388 g/mol. The van der Waals surface area contributed by atoms with Crippen LogP contribution in [0.3, 0.4) is 0 Å². The minimum atomic E-state index is -5.08. The molecular formula is C15H15F3N4O3S. The first-order valence-corrected chi connectivity index (χ1v) is 8.29. The summed E-state index contributed by atoms with van der Waals surface area (Å²) >= 11 is 1.48. The average Bonchev–Trinajstić information content (AvgIpc) is 3.23. The number of halogens is 3. The van der Waals surface area contributed by atoms with Gasteiger partial charge in [0.2, 0.25) is 0 Å². The summed E-state index contributed by atoms with van der Waals surface area (Å²) in [6.07, 6.45) is 1.24. The Bertz CT molecular complexity index is 932. The molecule has 3 heterocycles. The van der Waals surface area contributed by atoms with Gasteiger partial charge in [-0.25, -0.2) is 14.5 Å². The van der Waals surface area contributed by atoms with Crippen molar-refractivity contribution in [3.05, 3.63) is 46.2 Å². The van der Waals surface area contributed by atoms with Crippen molar-refractivity contribution >= 4 is 27.4 Å². The van der Waals surface area contributed by atoms with E-state index in [1.165, 1.54) is 11.3 Å². The van der Waals surface area contributed by atoms with E-state index in [1.807, 2.05) is 29.1 Å². The van der Waals surface area contributed by atoms with Crippen molar-refractivity contribution in [1.29, 1.82) is 0 Å². The van der Waals surface area contributed by atoms with Crippen LogP contribution >= 0.6 is 11.3 Å². The summed E-state index contributed by atoms with van der Waals surface area (Å²) in [7, 11) is 0. The zero-order valence-electron chi connectivity index (χ0n) is 13.6. The van der Waals surface area contributed by atoms with Crippen LogP contribution < -0.4 is 5.56 Å². The fourth-order valence-electron chi connectivity index (χ4n) is 2.13. The maximum atomic E-state index is 12.2. The molecule has 0 aliphatic rings. The molecule has 0 aliphatic carbocycles. The molecule has 26 heavy (non-hydrogen) atoms. The molecule has 0 unspecified atom stereocenters. The summed E-state index contributed by atoms with van der Waals surface area (Å²) in [6.45, 7) is 3.42. The number of hydrogen-bond acceptors (Lipinski definition) is 5. The van der Waals surface area contributed by atoms with Crippen LogP contribution in [0.15, 0.2) is 35.0 Å². The predicted octanol–water partition coefficient (Wildman–Crippen LogP) is 2.69. The zero-order valence-corrected chi connectivity index (χ0v) is 14.4. The maximum absolute atomic E-state index is 12.2. The van der Waals surface area contributed by atoms with Crippen molar-refractivity contribution in [2.75, 3.05) is 0 Å². The van der Waals surface area contributed by atoms with E-state index in [1.54, 1.807) is 17.2 Å². The van der Waals surface area contributed by atoms with E-state index in [0.717, 1.165) is 28.7 Å². The van der Waals surface area contributed by atoms with E-state index >= 15 is 0 Å². The number of aromatic nitrogens is 4. The van der Waals surface area contributed by atoms with Crippen LogP contribution in [0.5, 0.6) is 0 Å². The van der Waals surface area contributed by atoms with Gasteiger partial charge < -0.3 is 9.67 Å². The normalized spacial score (nSPS) is 11.2. The summed E-state index contributed by atoms with van der Waals surface area (Å²) < 4.78 is 36.1. The zero-order chi connectivity index (χ0) is 19.3. The lowest BCUT2D eigenvalue weighted by Gasteiger charge is -2.07. The van der Waals surface area contributed by atoms with Gasteiger partial charge in [-0.15, -0.1) is 11.3 Å². The van der Waals surface area contributed by atoms with Crippen molar-refractivity contribution in [1.82, 2.24) is 19.3 Å². The van der Waals surface area contributed by atoms with Gasteiger partial charge in [0.05, 0.1) is 12.0 Å². The van der Waals surface area contributed by atoms with Gasteiger partial charge in [0.25, 0.3) is 5.56 Å². The van der Waals surface area contributed by atoms with Gasteiger partial charge in [-0.3, -0.25) is 4.79 Å². The van der Waals surface area contributed by atoms with Crippen LogP contribution in [0.1, 0.15) is 12.1 Å². The number of aliphatic carboxylic acids is 1. The number of aryl methyl sites for hydroxylation is 3. The molecule has 7 nitrogen and oxygen atoms in total. The van der Waals surface area contributed by atoms with Gasteiger partial charge in [-0.05, 0) is 24.8 Å². The molecule has 0 aromatic carbocycles. The summed E-state index contributed by atoms with van der Waals surface area (Å²) in [5.74, 6) is -2.76. The number of carboxylic acids is 1. The first kappa shape index (κ1) is 19.6. The molecule has 0 saturated heterocycles. The molecule has 3 rings (SSSR count). The molecule has 0 atom stereocenters. The molecule has 0 spiro atoms. The summed E-state index contributed by atoms with van der Waals surface area (Å²) in [6, 6.07) is 1.96. The molecule has 0 bridgehead atoms. The Hall–Kier alpha value is -2.69. The third kappa shape index (κ3) is 4.91. The molecule has 3 aromatic rings. The number of thiophene rings is 1. The van der Waals surface area contributed by atoms with Crippen LogP contribution in [0.4, 0.5) is 13.2 Å². The summed E-state index contributed by atoms with van der Waals surface area (Å²) in [4.78, 5) is 25.1. The largest absolute Gasteiger partial charge is 0.490 e. The van der Waals surface area contributed by atoms with E-state index in [0.29, 0.717) is 6.54 Å². The minimum absolute atomic E-state index is 0.0150. The molecular weight excluding hydrogens is 373 g/mol. The van der Waals surface area contributed by atoms with Crippen molar-refractivity contribution in [2.45, 2.75) is 32.6 Å². The van der Waals surface area contributed by atoms with E-state index in [4.69, 9.17) is 9.90 Å². The number of rotatable bonds is 4. The lowest BCUT2D eigenvalue weighted by Crippen LogP contribution is -2.23. The highest BCUT2D eigenvalue weighted by molar-refractivity contribution is 7.17. The number of carboxylic acid groups (broad SMARTS) is 1. The van der Waals surface area contributed by atoms with Crippen LogP contribution in [0.2, 0.25) is 0 Å². The van der Waals surface area contributed by atoms with Crippen LogP contribution in [-0.2, 0) is 17.9 Å². The van der Waals surface area contributed by atoms with Crippen molar-refractivity contribution in [3.63, 3.8) is 0 Å². The Labute approximate surface area is 149 Å². The highest BCUT2D eigenvalue weighted by Gasteiger charge is 2.38. The first-order chi connectivity index (χ1) is 12.2. The Morgan fingerprint density at radius 1 is 1.35 bits per heavy atom. The van der Waals surface area contributed by atoms with E-state index < -0.39 is 12.1 Å². The number of nitrogens with zero attached hydrogens (tertiary/aromatic N) is 4. The molecule has 0 saturated carbocycles. The Kier molecular flexibility index (Phi) is 6.14. The molecule has 11 heteroatoms. The lowest BCUT2D eigenvalue weighted by molar-refractivity contribution is -0.192. The highest BCUT2D eigenvalue weighted by atomic mass is 32.1. The first-order valence-electron chi connectivity index (χ1n) is 7.41. The second-order valence-corrected chi connectivity index (χ2v) is 6.15. The number of hydrogen-bond donors (Lipinski definition) is 1. The van der Waals surface area contributed by atoms with E-state index in [-0.39, 0.29) is 5.56 Å². The number of fused-ring (bicyclic) bond motifs is 1. The minimum Gasteiger partial charge on any atom is -0.475 e. The van der Waals surface area contributed by atoms with Gasteiger partial charge >= 0.3 is 12.1 Å². The fourth-order valence-corrected chi connectivity index (χ4v) is 3.02. The molecule has 0 aliphatic heterocycles. The fraction of sp³-hybridized carbons (Fsp3) is 0.333. The SMILES string of the molecule is Cc1nn(CCCn2ccnc2)c(=O)c2sccc12.O=C(O)C(F)(F)F. The van der Waals surface area contributed by atoms with Crippen molar-refractivity contribution in [3.8, 4) is 0 Å². The van der Waals surface area contributed by atoms with Gasteiger partial charge in [-0.2, -0.15) is 18.3 Å². The molecule has 0 amide bonds. The Morgan fingerprint density at radius 2 is 2.04 bits per heavy atom. The smallest absolute Gasteiger partial charge is 0.475 e. The second kappa shape index (κ2) is 8.13. The second-order valence-electron chi connectivity index (χ2n) is 5.23. The van der Waals surface area contributed by atoms with Gasteiger partial charge in [0.1, 0.15) is 4.70 Å². The number of alkyl halides is 3. The van der Waals surface area contributed by atoms with Crippen molar-refractivity contribution in [2.24, 2.45) is 0 Å². The Morgan fingerprint density at radius 3 is 2.62 bits per heavy atom. The molecule has 3 aromatic heterocycles. The highest BCUT2D eigenvalue weighted by Crippen LogP contribution is 2.18. The van der Waals surface area contributed by atoms with Gasteiger partial charge in [-0.1, -0.05) is 0 Å². The van der Waals surface area contributed by atoms with Crippen LogP contribution in [0, 0.1) is 6.92 Å². The van der Waals surface area contributed by atoms with Crippen LogP contribution in [0.25, 0.3) is 10.1 Å². The van der Waals surface area contributed by atoms with E-state index in [2.05, 4.69) is 10.1 Å². The molecule has 0 fully saturated rings. The number of carbonyl (C=O) groups is 1. The standard InChI is InChI=1S/C13H14N4OS.C2HF3O2/c1-10-11-3-8-19-12(11)13(18)17(15-10)6-2-5-16-7-4-14-9-16;3-2(4,5)1(6)7/h3-4,7-9H,2,5-6H2,1H3;(H,6,7). The third-order valence-corrected chi connectivity index (χ3v) is 4.24. The summed E-state index contributed by atoms with van der Waals surface area (Å²) in [5.41, 5.74) is 0.930. The molecule has 0 radical (unpaired) electrons. The van der Waals surface area contributed by atoms with Gasteiger partial charge in [0.15, 0.2) is 0 Å². The van der Waals surface area contributed by atoms with E-state index in [9.17, 15) is 18.0 Å². The Balaban J connectivity index is 0.000000298. The topological polar surface area (TPSA) is 90.0 Å². The molecule has 140 valence electrons. The van der Waals surface area contributed by atoms with Gasteiger partial charge in [0, 0.05) is 30.9 Å². The lowest BCUT2D eigenvalue weighted by atomic mass is 10.3. The summed E-state index contributed by atoms with van der Waals surface area (Å²) in [5, 5.41) is 14.4. The third-order valence-electron chi connectivity index (χ3n) is 3.34. The molecule has 1 N–H and O–H groups in total. The quantitative estimate of drug-likeness (QED) is 0.742. The van der Waals surface area contributed by atoms with Crippen LogP contribution in [-0.4, -0.2) is 36.6 Å².